The highest BCUT2D eigenvalue weighted by Gasteiger charge is 2.24. The summed E-state index contributed by atoms with van der Waals surface area (Å²) in [7, 11) is 0. The molecule has 1 heterocycles. The molecule has 0 atom stereocenters. The third-order valence-electron chi connectivity index (χ3n) is 4.02. The van der Waals surface area contributed by atoms with Crippen molar-refractivity contribution in [2.75, 3.05) is 23.3 Å². The van der Waals surface area contributed by atoms with E-state index in [2.05, 4.69) is 47.0 Å². The van der Waals surface area contributed by atoms with Crippen molar-refractivity contribution < 1.29 is 0 Å². The van der Waals surface area contributed by atoms with Crippen LogP contribution in [-0.4, -0.2) is 29.1 Å². The molecule has 2 rings (SSSR count). The van der Waals surface area contributed by atoms with Crippen LogP contribution in [0.4, 0.5) is 11.6 Å². The van der Waals surface area contributed by atoms with Crippen molar-refractivity contribution in [2.45, 2.75) is 58.9 Å². The van der Waals surface area contributed by atoms with Gasteiger partial charge in [-0.3, -0.25) is 0 Å². The lowest BCUT2D eigenvalue weighted by Crippen LogP contribution is -2.35. The van der Waals surface area contributed by atoms with E-state index in [1.165, 1.54) is 32.1 Å². The topological polar surface area (TPSA) is 41.0 Å². The summed E-state index contributed by atoms with van der Waals surface area (Å²) >= 11 is 0. The van der Waals surface area contributed by atoms with Gasteiger partial charge in [-0.1, -0.05) is 26.7 Å². The van der Waals surface area contributed by atoms with Gasteiger partial charge in [-0.15, -0.1) is 0 Å². The number of anilines is 2. The number of nitrogens with zero attached hydrogens (tertiary/aromatic N) is 3. The van der Waals surface area contributed by atoms with Crippen LogP contribution in [0.25, 0.3) is 0 Å². The van der Waals surface area contributed by atoms with E-state index in [0.717, 1.165) is 30.6 Å². The Morgan fingerprint density at radius 3 is 2.70 bits per heavy atom. The summed E-state index contributed by atoms with van der Waals surface area (Å²) in [5.41, 5.74) is 0. The summed E-state index contributed by atoms with van der Waals surface area (Å²) in [5.74, 6) is 2.75. The van der Waals surface area contributed by atoms with Crippen LogP contribution in [0, 0.1) is 5.92 Å². The first-order valence-electron chi connectivity index (χ1n) is 8.03. The van der Waals surface area contributed by atoms with Gasteiger partial charge in [0.25, 0.3) is 0 Å². The lowest BCUT2D eigenvalue weighted by molar-refractivity contribution is 0.525. The number of rotatable bonds is 7. The summed E-state index contributed by atoms with van der Waals surface area (Å²) in [6.07, 6.45) is 8.22. The Hall–Kier alpha value is -1.32. The van der Waals surface area contributed by atoms with E-state index in [-0.39, 0.29) is 0 Å². The predicted molar refractivity (Wildman–Crippen MR) is 85.3 cm³/mol. The molecule has 1 saturated carbocycles. The van der Waals surface area contributed by atoms with Crippen LogP contribution in [0.3, 0.4) is 0 Å². The lowest BCUT2D eigenvalue weighted by atomic mass is 10.1. The van der Waals surface area contributed by atoms with Crippen molar-refractivity contribution in [2.24, 2.45) is 5.92 Å². The Bertz CT molecular complexity index is 399. The van der Waals surface area contributed by atoms with Crippen LogP contribution in [-0.2, 0) is 0 Å². The minimum Gasteiger partial charge on any atom is -0.370 e. The van der Waals surface area contributed by atoms with Crippen molar-refractivity contribution in [3.63, 3.8) is 0 Å². The van der Waals surface area contributed by atoms with Crippen molar-refractivity contribution in [1.82, 2.24) is 9.97 Å². The molecule has 1 aliphatic carbocycles. The van der Waals surface area contributed by atoms with E-state index < -0.39 is 0 Å². The van der Waals surface area contributed by atoms with Gasteiger partial charge in [0.05, 0.1) is 0 Å². The van der Waals surface area contributed by atoms with Crippen LogP contribution in [0.15, 0.2) is 12.4 Å². The SMILES string of the molecule is CCNc1cc(N(CCC(C)C)C2CCCC2)ncn1. The van der Waals surface area contributed by atoms with Crippen LogP contribution >= 0.6 is 0 Å². The fourth-order valence-electron chi connectivity index (χ4n) is 2.88. The molecule has 1 fully saturated rings. The van der Waals surface area contributed by atoms with Crippen LogP contribution in [0.2, 0.25) is 0 Å². The minimum atomic E-state index is 0.665. The predicted octanol–water partition coefficient (Wildman–Crippen LogP) is 3.70. The van der Waals surface area contributed by atoms with Gasteiger partial charge >= 0.3 is 0 Å². The smallest absolute Gasteiger partial charge is 0.134 e. The van der Waals surface area contributed by atoms with E-state index in [9.17, 15) is 0 Å². The van der Waals surface area contributed by atoms with Gasteiger partial charge in [0.1, 0.15) is 18.0 Å². The Balaban J connectivity index is 2.13. The molecule has 1 aromatic rings. The third-order valence-corrected chi connectivity index (χ3v) is 4.02. The Kier molecular flexibility index (Phi) is 5.62. The maximum Gasteiger partial charge on any atom is 0.134 e. The molecular formula is C16H28N4. The van der Waals surface area contributed by atoms with Crippen molar-refractivity contribution >= 4 is 11.6 Å². The summed E-state index contributed by atoms with van der Waals surface area (Å²) in [4.78, 5) is 11.3. The number of nitrogens with one attached hydrogen (secondary N) is 1. The highest BCUT2D eigenvalue weighted by Crippen LogP contribution is 2.28. The zero-order valence-corrected chi connectivity index (χ0v) is 13.1. The standard InChI is InChI=1S/C16H28N4/c1-4-17-15-11-16(19-12-18-15)20(10-9-13(2)3)14-7-5-6-8-14/h11-14H,4-10H2,1-3H3,(H,17,18,19). The second-order valence-electron chi connectivity index (χ2n) is 6.11. The highest BCUT2D eigenvalue weighted by molar-refractivity contribution is 5.49. The van der Waals surface area contributed by atoms with Crippen molar-refractivity contribution in [3.8, 4) is 0 Å². The zero-order chi connectivity index (χ0) is 14.4. The molecule has 112 valence electrons. The normalized spacial score (nSPS) is 15.8. The summed E-state index contributed by atoms with van der Waals surface area (Å²) in [5, 5.41) is 3.28. The van der Waals surface area contributed by atoms with Crippen LogP contribution in [0.5, 0.6) is 0 Å². The molecule has 0 spiro atoms. The molecule has 0 unspecified atom stereocenters. The molecular weight excluding hydrogens is 248 g/mol. The fourth-order valence-corrected chi connectivity index (χ4v) is 2.88. The van der Waals surface area contributed by atoms with Gasteiger partial charge in [0.15, 0.2) is 0 Å². The molecule has 1 aliphatic rings. The van der Waals surface area contributed by atoms with Gasteiger partial charge in [-0.2, -0.15) is 0 Å². The van der Waals surface area contributed by atoms with Gasteiger partial charge in [-0.25, -0.2) is 9.97 Å². The summed E-state index contributed by atoms with van der Waals surface area (Å²) < 4.78 is 0. The first kappa shape index (κ1) is 15.1. The van der Waals surface area contributed by atoms with Gasteiger partial charge < -0.3 is 10.2 Å². The van der Waals surface area contributed by atoms with E-state index >= 15 is 0 Å². The second kappa shape index (κ2) is 7.46. The molecule has 4 nitrogen and oxygen atoms in total. The molecule has 20 heavy (non-hydrogen) atoms. The molecule has 0 bridgehead atoms. The molecule has 0 saturated heterocycles. The molecule has 0 radical (unpaired) electrons. The summed E-state index contributed by atoms with van der Waals surface area (Å²) in [6.45, 7) is 8.67. The maximum atomic E-state index is 4.52. The van der Waals surface area contributed by atoms with Gasteiger partial charge in [-0.05, 0) is 32.1 Å². The van der Waals surface area contributed by atoms with Crippen molar-refractivity contribution in [3.05, 3.63) is 12.4 Å². The van der Waals surface area contributed by atoms with Crippen molar-refractivity contribution in [1.29, 1.82) is 0 Å². The second-order valence-corrected chi connectivity index (χ2v) is 6.11. The third kappa shape index (κ3) is 4.09. The monoisotopic (exact) mass is 276 g/mol. The number of hydrogen-bond acceptors (Lipinski definition) is 4. The quantitative estimate of drug-likeness (QED) is 0.824. The number of aromatic nitrogens is 2. The van der Waals surface area contributed by atoms with E-state index in [1.807, 2.05) is 0 Å². The Morgan fingerprint density at radius 1 is 1.30 bits per heavy atom. The van der Waals surface area contributed by atoms with E-state index in [1.54, 1.807) is 6.33 Å². The lowest BCUT2D eigenvalue weighted by Gasteiger charge is -2.31. The molecule has 0 aromatic carbocycles. The van der Waals surface area contributed by atoms with Gasteiger partial charge in [0, 0.05) is 25.2 Å². The van der Waals surface area contributed by atoms with Crippen LogP contribution < -0.4 is 10.2 Å². The maximum absolute atomic E-state index is 4.52. The molecule has 0 amide bonds. The minimum absolute atomic E-state index is 0.665. The first-order chi connectivity index (χ1) is 9.70. The molecule has 4 heteroatoms. The largest absolute Gasteiger partial charge is 0.370 e. The van der Waals surface area contributed by atoms with Crippen LogP contribution in [0.1, 0.15) is 52.9 Å². The highest BCUT2D eigenvalue weighted by atomic mass is 15.2. The van der Waals surface area contributed by atoms with E-state index in [4.69, 9.17) is 0 Å². The molecule has 0 aliphatic heterocycles. The summed E-state index contributed by atoms with van der Waals surface area (Å²) in [6, 6.07) is 2.76. The van der Waals surface area contributed by atoms with Gasteiger partial charge in [0.2, 0.25) is 0 Å². The zero-order valence-electron chi connectivity index (χ0n) is 13.1. The average molecular weight is 276 g/mol. The van der Waals surface area contributed by atoms with E-state index in [0.29, 0.717) is 6.04 Å². The fraction of sp³-hybridized carbons (Fsp3) is 0.750. The first-order valence-corrected chi connectivity index (χ1v) is 8.03. The number of hydrogen-bond donors (Lipinski definition) is 1. The Morgan fingerprint density at radius 2 is 2.05 bits per heavy atom. The Labute approximate surface area is 123 Å². The molecule has 1 N–H and O–H groups in total. The molecule has 1 aromatic heterocycles. The average Bonchev–Trinajstić information content (AvgIpc) is 2.93.